The molecule has 0 unspecified atom stereocenters. The number of nitrogens with one attached hydrogen (secondary N) is 3. The molecule has 4 heterocycles. The summed E-state index contributed by atoms with van der Waals surface area (Å²) in [4.78, 5) is 32.3. The molecule has 0 bridgehead atoms. The van der Waals surface area contributed by atoms with Crippen molar-refractivity contribution in [3.63, 3.8) is 0 Å². The van der Waals surface area contributed by atoms with Crippen molar-refractivity contribution in [1.29, 1.82) is 0 Å². The molecule has 2 aliphatic rings. The molecule has 2 aliphatic heterocycles. The average Bonchev–Trinajstić information content (AvgIpc) is 3.60. The van der Waals surface area contributed by atoms with Gasteiger partial charge < -0.3 is 25.6 Å². The Kier molecular flexibility index (Phi) is 8.16. The van der Waals surface area contributed by atoms with Crippen LogP contribution in [-0.4, -0.2) is 74.3 Å². The zero-order chi connectivity index (χ0) is 28.2. The Balaban J connectivity index is 1.14. The Hall–Kier alpha value is -3.79. The topological polar surface area (TPSA) is 117 Å². The molecule has 0 saturated carbocycles. The standard InChI is InChI=1S/C30H40N8O2/c1-29(2,3)40-28(39)38-14-5-7-25(38)19-35-26-31-15-23(16-32-26)21-8-10-22(11-9-21)24-17-33-27(34-18-24)36-20-30(4)12-6-13-37-30/h8-11,15-18,25,37H,5-7,12-14,19-20H2,1-4H3,(H,31,32,35)(H,33,34,36)/t25-,30-/m0/s1. The van der Waals surface area contributed by atoms with E-state index >= 15 is 0 Å². The van der Waals surface area contributed by atoms with E-state index in [1.165, 1.54) is 6.42 Å². The van der Waals surface area contributed by atoms with Gasteiger partial charge in [0.15, 0.2) is 0 Å². The molecule has 10 nitrogen and oxygen atoms in total. The third kappa shape index (κ3) is 7.04. The zero-order valence-electron chi connectivity index (χ0n) is 23.9. The van der Waals surface area contributed by atoms with Gasteiger partial charge in [-0.25, -0.2) is 24.7 Å². The minimum atomic E-state index is -0.504. The molecule has 5 rings (SSSR count). The lowest BCUT2D eigenvalue weighted by molar-refractivity contribution is 0.0235. The SMILES string of the molecule is CC(C)(C)OC(=O)N1CCC[C@H]1CNc1ncc(-c2ccc(-c3cnc(NC[C@]4(C)CCCN4)nc3)cc2)cn1. The number of hydrogen-bond donors (Lipinski definition) is 3. The highest BCUT2D eigenvalue weighted by Gasteiger charge is 2.32. The van der Waals surface area contributed by atoms with Gasteiger partial charge >= 0.3 is 6.09 Å². The average molecular weight is 545 g/mol. The lowest BCUT2D eigenvalue weighted by Gasteiger charge is -2.28. The van der Waals surface area contributed by atoms with Crippen LogP contribution < -0.4 is 16.0 Å². The molecule has 10 heteroatoms. The Labute approximate surface area is 236 Å². The van der Waals surface area contributed by atoms with Crippen LogP contribution in [0.2, 0.25) is 0 Å². The van der Waals surface area contributed by atoms with Gasteiger partial charge in [-0.05, 0) is 71.0 Å². The number of aromatic nitrogens is 4. The lowest BCUT2D eigenvalue weighted by atomic mass is 10.0. The fraction of sp³-hybridized carbons (Fsp3) is 0.500. The second-order valence-corrected chi connectivity index (χ2v) is 12.0. The molecule has 0 radical (unpaired) electrons. The number of amides is 1. The number of benzene rings is 1. The van der Waals surface area contributed by atoms with E-state index in [0.29, 0.717) is 25.0 Å². The van der Waals surface area contributed by atoms with Crippen LogP contribution in [0, 0.1) is 0 Å². The van der Waals surface area contributed by atoms with E-state index in [1.54, 1.807) is 4.90 Å². The number of hydrogen-bond acceptors (Lipinski definition) is 9. The van der Waals surface area contributed by atoms with E-state index in [1.807, 2.05) is 45.6 Å². The monoisotopic (exact) mass is 544 g/mol. The molecular formula is C30H40N8O2. The van der Waals surface area contributed by atoms with Crippen molar-refractivity contribution in [3.05, 3.63) is 49.1 Å². The highest BCUT2D eigenvalue weighted by atomic mass is 16.6. The maximum absolute atomic E-state index is 12.5. The maximum atomic E-state index is 12.5. The first-order valence-electron chi connectivity index (χ1n) is 14.1. The number of likely N-dealkylation sites (tertiary alicyclic amines) is 1. The van der Waals surface area contributed by atoms with E-state index < -0.39 is 5.60 Å². The summed E-state index contributed by atoms with van der Waals surface area (Å²) >= 11 is 0. The Morgan fingerprint density at radius 1 is 0.950 bits per heavy atom. The lowest BCUT2D eigenvalue weighted by Crippen LogP contribution is -2.43. The van der Waals surface area contributed by atoms with Crippen LogP contribution in [0.25, 0.3) is 22.3 Å². The van der Waals surface area contributed by atoms with Gasteiger partial charge in [-0.2, -0.15) is 0 Å². The van der Waals surface area contributed by atoms with Crippen LogP contribution in [0.15, 0.2) is 49.1 Å². The van der Waals surface area contributed by atoms with Crippen LogP contribution in [0.3, 0.4) is 0 Å². The summed E-state index contributed by atoms with van der Waals surface area (Å²) in [7, 11) is 0. The molecule has 2 saturated heterocycles. The third-order valence-corrected chi connectivity index (χ3v) is 7.45. The van der Waals surface area contributed by atoms with Crippen molar-refractivity contribution < 1.29 is 9.53 Å². The summed E-state index contributed by atoms with van der Waals surface area (Å²) in [5, 5.41) is 10.2. The second kappa shape index (κ2) is 11.8. The number of nitrogens with zero attached hydrogens (tertiary/aromatic N) is 5. The first-order chi connectivity index (χ1) is 19.2. The van der Waals surface area contributed by atoms with Gasteiger partial charge in [0, 0.05) is 61.1 Å². The molecule has 2 atom stereocenters. The van der Waals surface area contributed by atoms with Gasteiger partial charge in [-0.15, -0.1) is 0 Å². The molecule has 40 heavy (non-hydrogen) atoms. The van der Waals surface area contributed by atoms with Crippen LogP contribution in [0.4, 0.5) is 16.7 Å². The number of ether oxygens (including phenoxy) is 1. The molecule has 0 spiro atoms. The van der Waals surface area contributed by atoms with E-state index in [0.717, 1.165) is 54.6 Å². The Bertz CT molecular complexity index is 1270. The largest absolute Gasteiger partial charge is 0.444 e. The quantitative estimate of drug-likeness (QED) is 0.361. The summed E-state index contributed by atoms with van der Waals surface area (Å²) in [5.41, 5.74) is 3.57. The van der Waals surface area contributed by atoms with Crippen molar-refractivity contribution in [2.75, 3.05) is 36.8 Å². The van der Waals surface area contributed by atoms with Crippen molar-refractivity contribution in [3.8, 4) is 22.3 Å². The predicted octanol–water partition coefficient (Wildman–Crippen LogP) is 4.97. The highest BCUT2D eigenvalue weighted by Crippen LogP contribution is 2.25. The van der Waals surface area contributed by atoms with E-state index in [2.05, 4.69) is 67.1 Å². The summed E-state index contributed by atoms with van der Waals surface area (Å²) in [6.45, 7) is 11.1. The highest BCUT2D eigenvalue weighted by molar-refractivity contribution is 5.70. The molecule has 1 amide bonds. The zero-order valence-corrected chi connectivity index (χ0v) is 23.9. The van der Waals surface area contributed by atoms with Crippen molar-refractivity contribution >= 4 is 18.0 Å². The first kappa shape index (κ1) is 27.8. The minimum Gasteiger partial charge on any atom is -0.444 e. The van der Waals surface area contributed by atoms with Gasteiger partial charge in [-0.1, -0.05) is 24.3 Å². The normalized spacial score (nSPS) is 20.9. The Morgan fingerprint density at radius 2 is 1.52 bits per heavy atom. The van der Waals surface area contributed by atoms with Gasteiger partial charge in [0.2, 0.25) is 11.9 Å². The van der Waals surface area contributed by atoms with Gasteiger partial charge in [0.1, 0.15) is 5.60 Å². The Morgan fingerprint density at radius 3 is 2.05 bits per heavy atom. The van der Waals surface area contributed by atoms with Gasteiger partial charge in [0.25, 0.3) is 0 Å². The fourth-order valence-corrected chi connectivity index (χ4v) is 5.19. The van der Waals surface area contributed by atoms with Crippen LogP contribution in [0.5, 0.6) is 0 Å². The molecular weight excluding hydrogens is 504 g/mol. The number of carbonyl (C=O) groups is 1. The van der Waals surface area contributed by atoms with Gasteiger partial charge in [0.05, 0.1) is 6.04 Å². The van der Waals surface area contributed by atoms with Crippen LogP contribution in [-0.2, 0) is 4.74 Å². The predicted molar refractivity (Wildman–Crippen MR) is 157 cm³/mol. The van der Waals surface area contributed by atoms with Gasteiger partial charge in [-0.3, -0.25) is 0 Å². The van der Waals surface area contributed by atoms with E-state index in [-0.39, 0.29) is 17.7 Å². The summed E-state index contributed by atoms with van der Waals surface area (Å²) in [6, 6.07) is 8.28. The third-order valence-electron chi connectivity index (χ3n) is 7.45. The number of rotatable bonds is 8. The molecule has 0 aliphatic carbocycles. The molecule has 212 valence electrons. The molecule has 3 aromatic rings. The molecule has 3 N–H and O–H groups in total. The van der Waals surface area contributed by atoms with Crippen molar-refractivity contribution in [2.24, 2.45) is 0 Å². The van der Waals surface area contributed by atoms with Crippen molar-refractivity contribution in [2.45, 2.75) is 70.6 Å². The number of carbonyl (C=O) groups excluding carboxylic acids is 1. The molecule has 2 aromatic heterocycles. The summed E-state index contributed by atoms with van der Waals surface area (Å²) in [6.07, 6.45) is 11.3. The van der Waals surface area contributed by atoms with E-state index in [9.17, 15) is 4.79 Å². The fourth-order valence-electron chi connectivity index (χ4n) is 5.19. The maximum Gasteiger partial charge on any atom is 0.410 e. The molecule has 2 fully saturated rings. The minimum absolute atomic E-state index is 0.0621. The molecule has 1 aromatic carbocycles. The summed E-state index contributed by atoms with van der Waals surface area (Å²) < 4.78 is 5.56. The van der Waals surface area contributed by atoms with E-state index in [4.69, 9.17) is 4.74 Å². The van der Waals surface area contributed by atoms with Crippen molar-refractivity contribution in [1.82, 2.24) is 30.2 Å². The number of anilines is 2. The van der Waals surface area contributed by atoms with Crippen LogP contribution in [0.1, 0.15) is 53.4 Å². The van der Waals surface area contributed by atoms with Crippen LogP contribution >= 0.6 is 0 Å². The smallest absolute Gasteiger partial charge is 0.410 e. The second-order valence-electron chi connectivity index (χ2n) is 12.0. The first-order valence-corrected chi connectivity index (χ1v) is 14.1. The summed E-state index contributed by atoms with van der Waals surface area (Å²) in [5.74, 6) is 1.19.